The quantitative estimate of drug-likeness (QED) is 0.269. The molecule has 164 valence electrons. The molecule has 1 aromatic heterocycles. The fourth-order valence-corrected chi connectivity index (χ4v) is 2.52. The molecule has 9 nitrogen and oxygen atoms in total. The number of benzene rings is 2. The smallest absolute Gasteiger partial charge is 0.329 e. The van der Waals surface area contributed by atoms with E-state index in [0.29, 0.717) is 23.6 Å². The van der Waals surface area contributed by atoms with E-state index in [2.05, 4.69) is 21.2 Å². The number of hydrogen-bond donors (Lipinski definition) is 3. The summed E-state index contributed by atoms with van der Waals surface area (Å²) in [6.45, 7) is 0.434. The number of amides is 3. The van der Waals surface area contributed by atoms with Crippen LogP contribution in [0.4, 0.5) is 0 Å². The molecule has 0 bridgehead atoms. The second-order valence-electron chi connectivity index (χ2n) is 6.58. The van der Waals surface area contributed by atoms with Gasteiger partial charge < -0.3 is 19.8 Å². The fraction of sp³-hybridized carbons (Fsp3) is 0.130. The average Bonchev–Trinajstić information content (AvgIpc) is 3.35. The summed E-state index contributed by atoms with van der Waals surface area (Å²) in [4.78, 5) is 35.3. The molecular weight excluding hydrogens is 412 g/mol. The molecule has 0 radical (unpaired) electrons. The summed E-state index contributed by atoms with van der Waals surface area (Å²) in [6.07, 6.45) is 2.86. The van der Waals surface area contributed by atoms with Crippen LogP contribution in [-0.2, 0) is 27.5 Å². The third-order valence-electron chi connectivity index (χ3n) is 4.17. The van der Waals surface area contributed by atoms with Crippen molar-refractivity contribution in [3.63, 3.8) is 0 Å². The monoisotopic (exact) mass is 434 g/mol. The van der Waals surface area contributed by atoms with Gasteiger partial charge in [-0.1, -0.05) is 30.3 Å². The van der Waals surface area contributed by atoms with Crippen LogP contribution in [0, 0.1) is 0 Å². The van der Waals surface area contributed by atoms with Gasteiger partial charge in [0.15, 0.2) is 6.61 Å². The Morgan fingerprint density at radius 2 is 1.66 bits per heavy atom. The summed E-state index contributed by atoms with van der Waals surface area (Å²) in [7, 11) is 0. The first-order valence-corrected chi connectivity index (χ1v) is 9.77. The Hall–Kier alpha value is -4.40. The van der Waals surface area contributed by atoms with Gasteiger partial charge in [0.1, 0.15) is 11.5 Å². The maximum atomic E-state index is 11.9. The number of nitrogens with one attached hydrogen (secondary N) is 3. The van der Waals surface area contributed by atoms with E-state index in [-0.39, 0.29) is 19.1 Å². The van der Waals surface area contributed by atoms with Gasteiger partial charge in [-0.05, 0) is 47.5 Å². The van der Waals surface area contributed by atoms with E-state index in [1.54, 1.807) is 36.4 Å². The summed E-state index contributed by atoms with van der Waals surface area (Å²) < 4.78 is 10.5. The molecule has 0 saturated carbocycles. The van der Waals surface area contributed by atoms with Crippen molar-refractivity contribution in [2.24, 2.45) is 5.10 Å². The van der Waals surface area contributed by atoms with Crippen molar-refractivity contribution in [1.82, 2.24) is 16.1 Å². The van der Waals surface area contributed by atoms with E-state index < -0.39 is 11.8 Å². The van der Waals surface area contributed by atoms with Gasteiger partial charge in [-0.15, -0.1) is 0 Å². The number of hydrogen-bond acceptors (Lipinski definition) is 6. The van der Waals surface area contributed by atoms with Crippen molar-refractivity contribution in [1.29, 1.82) is 0 Å². The molecule has 3 rings (SSSR count). The highest BCUT2D eigenvalue weighted by molar-refractivity contribution is 6.35. The first kappa shape index (κ1) is 22.3. The largest absolute Gasteiger partial charge is 0.484 e. The van der Waals surface area contributed by atoms with Gasteiger partial charge in [0.25, 0.3) is 5.91 Å². The lowest BCUT2D eigenvalue weighted by Gasteiger charge is -2.08. The Balaban J connectivity index is 1.36. The third kappa shape index (κ3) is 7.45. The van der Waals surface area contributed by atoms with Gasteiger partial charge >= 0.3 is 11.8 Å². The summed E-state index contributed by atoms with van der Waals surface area (Å²) in [5.74, 6) is -0.904. The predicted octanol–water partition coefficient (Wildman–Crippen LogP) is 1.74. The molecule has 9 heteroatoms. The van der Waals surface area contributed by atoms with Crippen LogP contribution >= 0.6 is 0 Å². The average molecular weight is 434 g/mol. The maximum absolute atomic E-state index is 11.9. The second-order valence-corrected chi connectivity index (χ2v) is 6.58. The highest BCUT2D eigenvalue weighted by Gasteiger charge is 2.12. The van der Waals surface area contributed by atoms with Gasteiger partial charge in [0.05, 0.1) is 19.0 Å². The Morgan fingerprint density at radius 1 is 0.875 bits per heavy atom. The highest BCUT2D eigenvalue weighted by atomic mass is 16.5. The van der Waals surface area contributed by atoms with Crippen molar-refractivity contribution >= 4 is 23.9 Å². The molecule has 1 heterocycles. The molecule has 3 N–H and O–H groups in total. The van der Waals surface area contributed by atoms with E-state index in [1.165, 1.54) is 12.5 Å². The first-order valence-electron chi connectivity index (χ1n) is 9.77. The molecule has 32 heavy (non-hydrogen) atoms. The maximum Gasteiger partial charge on any atom is 0.329 e. The van der Waals surface area contributed by atoms with Gasteiger partial charge in [-0.25, -0.2) is 5.43 Å². The zero-order valence-electron chi connectivity index (χ0n) is 17.1. The number of nitrogens with zero attached hydrogens (tertiary/aromatic N) is 1. The molecule has 0 fully saturated rings. The summed E-state index contributed by atoms with van der Waals surface area (Å²) in [5, 5.41) is 8.95. The minimum Gasteiger partial charge on any atom is -0.484 e. The molecule has 0 aliphatic heterocycles. The number of ether oxygens (including phenoxy) is 1. The van der Waals surface area contributed by atoms with Gasteiger partial charge in [-0.3, -0.25) is 14.4 Å². The number of carbonyl (C=O) groups is 3. The molecule has 0 atom stereocenters. The molecular formula is C23H22N4O5. The lowest BCUT2D eigenvalue weighted by atomic mass is 10.2. The lowest BCUT2D eigenvalue weighted by Crippen LogP contribution is -2.37. The standard InChI is InChI=1S/C23H22N4O5/c28-21(24-13-17-5-2-1-3-6-17)16-32-19-10-8-18(9-11-19)14-26-27-23(30)22(29)25-15-20-7-4-12-31-20/h1-12,14H,13,15-16H2,(H,24,28)(H,25,29)(H,27,30)/b26-14-. The van der Waals surface area contributed by atoms with Crippen molar-refractivity contribution in [3.05, 3.63) is 89.9 Å². The Morgan fingerprint density at radius 3 is 2.38 bits per heavy atom. The Labute approximate surface area is 184 Å². The van der Waals surface area contributed by atoms with Crippen LogP contribution in [0.15, 0.2) is 82.5 Å². The molecule has 3 aromatic rings. The normalized spacial score (nSPS) is 10.5. The van der Waals surface area contributed by atoms with Crippen LogP contribution in [0.25, 0.3) is 0 Å². The molecule has 0 unspecified atom stereocenters. The number of furan rings is 1. The van der Waals surface area contributed by atoms with Crippen LogP contribution in [-0.4, -0.2) is 30.5 Å². The molecule has 0 spiro atoms. The molecule has 0 aliphatic rings. The van der Waals surface area contributed by atoms with Crippen LogP contribution in [0.1, 0.15) is 16.9 Å². The van der Waals surface area contributed by atoms with Crippen molar-refractivity contribution in [2.75, 3.05) is 6.61 Å². The molecule has 3 amide bonds. The SMILES string of the molecule is O=C(COc1ccc(/C=N\NC(=O)C(=O)NCc2ccco2)cc1)NCc1ccccc1. The predicted molar refractivity (Wildman–Crippen MR) is 117 cm³/mol. The lowest BCUT2D eigenvalue weighted by molar-refractivity contribution is -0.139. The molecule has 0 aliphatic carbocycles. The molecule has 2 aromatic carbocycles. The molecule has 0 saturated heterocycles. The Bertz CT molecular complexity index is 1050. The van der Waals surface area contributed by atoms with Crippen molar-refractivity contribution in [3.8, 4) is 5.75 Å². The van der Waals surface area contributed by atoms with E-state index in [9.17, 15) is 14.4 Å². The zero-order chi connectivity index (χ0) is 22.6. The number of hydrazone groups is 1. The van der Waals surface area contributed by atoms with Gasteiger partial charge in [-0.2, -0.15) is 5.10 Å². The minimum absolute atomic E-state index is 0.106. The van der Waals surface area contributed by atoms with Gasteiger partial charge in [0, 0.05) is 6.54 Å². The zero-order valence-corrected chi connectivity index (χ0v) is 17.1. The summed E-state index contributed by atoms with van der Waals surface area (Å²) in [5.41, 5.74) is 3.82. The Kier molecular flexibility index (Phi) is 8.15. The number of rotatable bonds is 9. The van der Waals surface area contributed by atoms with Crippen molar-refractivity contribution in [2.45, 2.75) is 13.1 Å². The van der Waals surface area contributed by atoms with E-state index in [4.69, 9.17) is 9.15 Å². The fourth-order valence-electron chi connectivity index (χ4n) is 2.52. The third-order valence-corrected chi connectivity index (χ3v) is 4.17. The number of carbonyl (C=O) groups excluding carboxylic acids is 3. The van der Waals surface area contributed by atoms with Crippen molar-refractivity contribution < 1.29 is 23.5 Å². The van der Waals surface area contributed by atoms with Crippen LogP contribution < -0.4 is 20.8 Å². The summed E-state index contributed by atoms with van der Waals surface area (Å²) >= 11 is 0. The van der Waals surface area contributed by atoms with Crippen LogP contribution in [0.3, 0.4) is 0 Å². The van der Waals surface area contributed by atoms with Gasteiger partial charge in [0.2, 0.25) is 0 Å². The highest BCUT2D eigenvalue weighted by Crippen LogP contribution is 2.11. The minimum atomic E-state index is -0.894. The second kappa shape index (κ2) is 11.7. The van der Waals surface area contributed by atoms with Crippen LogP contribution in [0.2, 0.25) is 0 Å². The van der Waals surface area contributed by atoms with Crippen LogP contribution in [0.5, 0.6) is 5.75 Å². The van der Waals surface area contributed by atoms with E-state index in [1.807, 2.05) is 30.3 Å². The summed E-state index contributed by atoms with van der Waals surface area (Å²) in [6, 6.07) is 19.7. The topological polar surface area (TPSA) is 122 Å². The van der Waals surface area contributed by atoms with E-state index in [0.717, 1.165) is 5.56 Å². The first-order chi connectivity index (χ1) is 15.6. The van der Waals surface area contributed by atoms with E-state index >= 15 is 0 Å².